The number of halogens is 1. The molecule has 0 amide bonds. The molecule has 0 saturated carbocycles. The van der Waals surface area contributed by atoms with E-state index in [9.17, 15) is 4.79 Å². The molecule has 0 rings (SSSR count). The lowest BCUT2D eigenvalue weighted by atomic mass is 10.1. The molecule has 0 saturated heterocycles. The first kappa shape index (κ1) is 12.4. The molecular formula is C5H13ClN2O2. The maximum absolute atomic E-state index is 10.2. The second kappa shape index (κ2) is 6.80. The van der Waals surface area contributed by atoms with Gasteiger partial charge in [-0.25, -0.2) is 0 Å². The molecule has 62 valence electrons. The Bertz CT molecular complexity index is 99.6. The molecule has 1 atom stereocenters. The lowest BCUT2D eigenvalue weighted by Gasteiger charge is -2.03. The number of hydrogen-bond acceptors (Lipinski definition) is 2. The Morgan fingerprint density at radius 2 is 2.20 bits per heavy atom. The van der Waals surface area contributed by atoms with Crippen LogP contribution in [-0.4, -0.2) is 24.2 Å². The fourth-order valence-corrected chi connectivity index (χ4v) is 0.592. The first-order valence-electron chi connectivity index (χ1n) is 2.94. The van der Waals surface area contributed by atoms with E-state index in [0.29, 0.717) is 19.5 Å². The van der Waals surface area contributed by atoms with Gasteiger partial charge in [0.25, 0.3) is 0 Å². The van der Waals surface area contributed by atoms with Gasteiger partial charge in [0.1, 0.15) is 5.92 Å². The summed E-state index contributed by atoms with van der Waals surface area (Å²) < 4.78 is 0. The number of hydrogen-bond donors (Lipinski definition) is 3. The minimum Gasteiger partial charge on any atom is -1.00 e. The Hall–Kier alpha value is -0.320. The Kier molecular flexibility index (Phi) is 8.40. The average Bonchev–Trinajstić information content (AvgIpc) is 1.82. The molecule has 5 heteroatoms. The molecule has 0 aromatic rings. The molecular weight excluding hydrogens is 156 g/mol. The van der Waals surface area contributed by atoms with E-state index in [1.165, 1.54) is 0 Å². The van der Waals surface area contributed by atoms with Crippen LogP contribution in [0.1, 0.15) is 6.42 Å². The Morgan fingerprint density at radius 1 is 1.70 bits per heavy atom. The number of carbonyl (C=O) groups is 1. The van der Waals surface area contributed by atoms with Gasteiger partial charge in [-0.15, -0.1) is 0 Å². The van der Waals surface area contributed by atoms with Crippen molar-refractivity contribution in [1.82, 2.24) is 0 Å². The van der Waals surface area contributed by atoms with Crippen molar-refractivity contribution in [3.8, 4) is 0 Å². The second-order valence-electron chi connectivity index (χ2n) is 1.90. The predicted molar refractivity (Wildman–Crippen MR) is 32.6 cm³/mol. The maximum Gasteiger partial charge on any atom is 0.312 e. The van der Waals surface area contributed by atoms with Crippen LogP contribution in [0.5, 0.6) is 0 Å². The zero-order valence-electron chi connectivity index (χ0n) is 5.72. The first-order valence-corrected chi connectivity index (χ1v) is 2.94. The van der Waals surface area contributed by atoms with E-state index in [1.807, 2.05) is 0 Å². The van der Waals surface area contributed by atoms with E-state index in [2.05, 4.69) is 5.73 Å². The minimum absolute atomic E-state index is 0. The van der Waals surface area contributed by atoms with Crippen molar-refractivity contribution >= 4 is 5.97 Å². The van der Waals surface area contributed by atoms with Crippen molar-refractivity contribution < 1.29 is 28.0 Å². The summed E-state index contributed by atoms with van der Waals surface area (Å²) in [6.45, 7) is 0.846. The molecule has 0 fully saturated rings. The molecule has 0 radical (unpaired) electrons. The first-order chi connectivity index (χ1) is 4.22. The molecule has 0 aromatic carbocycles. The molecule has 4 nitrogen and oxygen atoms in total. The number of carboxylic acid groups (broad SMARTS) is 1. The highest BCUT2D eigenvalue weighted by atomic mass is 35.5. The average molecular weight is 169 g/mol. The van der Waals surface area contributed by atoms with Gasteiger partial charge in [-0.1, -0.05) is 0 Å². The normalized spacial score (nSPS) is 11.8. The van der Waals surface area contributed by atoms with Gasteiger partial charge in [-0.05, 0) is 13.0 Å². The molecule has 0 spiro atoms. The Morgan fingerprint density at radius 3 is 2.30 bits per heavy atom. The molecule has 0 heterocycles. The Labute approximate surface area is 66.0 Å². The molecule has 6 N–H and O–H groups in total. The van der Waals surface area contributed by atoms with E-state index >= 15 is 0 Å². The molecule has 1 unspecified atom stereocenters. The van der Waals surface area contributed by atoms with Gasteiger partial charge in [0.05, 0.1) is 6.54 Å². The monoisotopic (exact) mass is 168 g/mol. The highest BCUT2D eigenvalue weighted by Crippen LogP contribution is 1.96. The van der Waals surface area contributed by atoms with Crippen molar-refractivity contribution in [2.24, 2.45) is 11.7 Å². The zero-order valence-corrected chi connectivity index (χ0v) is 6.47. The van der Waals surface area contributed by atoms with Crippen LogP contribution in [0.4, 0.5) is 0 Å². The number of nitrogens with two attached hydrogens (primary N) is 1. The van der Waals surface area contributed by atoms with Gasteiger partial charge in [-0.3, -0.25) is 4.79 Å². The lowest BCUT2D eigenvalue weighted by Crippen LogP contribution is -3.00. The lowest BCUT2D eigenvalue weighted by molar-refractivity contribution is -0.376. The number of rotatable bonds is 4. The van der Waals surface area contributed by atoms with E-state index in [1.54, 1.807) is 0 Å². The van der Waals surface area contributed by atoms with Crippen molar-refractivity contribution in [2.45, 2.75) is 6.42 Å². The quantitative estimate of drug-likeness (QED) is 0.394. The molecule has 0 aliphatic rings. The largest absolute Gasteiger partial charge is 1.00 e. The van der Waals surface area contributed by atoms with E-state index in [4.69, 9.17) is 10.8 Å². The molecule has 10 heavy (non-hydrogen) atoms. The van der Waals surface area contributed by atoms with Crippen LogP contribution in [0.25, 0.3) is 0 Å². The van der Waals surface area contributed by atoms with Crippen LogP contribution >= 0.6 is 0 Å². The summed E-state index contributed by atoms with van der Waals surface area (Å²) in [6, 6.07) is 0. The predicted octanol–water partition coefficient (Wildman–Crippen LogP) is -4.72. The highest BCUT2D eigenvalue weighted by molar-refractivity contribution is 5.69. The van der Waals surface area contributed by atoms with Crippen LogP contribution in [0.15, 0.2) is 0 Å². The fraction of sp³-hybridized carbons (Fsp3) is 0.800. The van der Waals surface area contributed by atoms with Gasteiger partial charge in [0.2, 0.25) is 0 Å². The standard InChI is InChI=1S/C5H12N2O2.ClH/c6-2-1-4(3-7)5(8)9;/h4H,1-3,6-7H2,(H,8,9);1H. The summed E-state index contributed by atoms with van der Waals surface area (Å²) in [5.41, 5.74) is 8.64. The third-order valence-corrected chi connectivity index (χ3v) is 1.21. The van der Waals surface area contributed by atoms with Gasteiger partial charge in [0.15, 0.2) is 0 Å². The van der Waals surface area contributed by atoms with Crippen molar-refractivity contribution in [3.63, 3.8) is 0 Å². The summed E-state index contributed by atoms with van der Waals surface area (Å²) in [7, 11) is 0. The van der Waals surface area contributed by atoms with Crippen LogP contribution in [0.3, 0.4) is 0 Å². The maximum atomic E-state index is 10.2. The topological polar surface area (TPSA) is 91.0 Å². The smallest absolute Gasteiger partial charge is 0.312 e. The molecule has 0 aliphatic carbocycles. The fourth-order valence-electron chi connectivity index (χ4n) is 0.592. The third-order valence-electron chi connectivity index (χ3n) is 1.21. The minimum atomic E-state index is -0.796. The third kappa shape index (κ3) is 4.55. The van der Waals surface area contributed by atoms with Crippen molar-refractivity contribution in [2.75, 3.05) is 13.1 Å². The second-order valence-corrected chi connectivity index (χ2v) is 1.90. The number of carboxylic acids is 1. The van der Waals surface area contributed by atoms with Gasteiger partial charge >= 0.3 is 5.97 Å². The summed E-state index contributed by atoms with van der Waals surface area (Å²) in [5.74, 6) is -1.15. The van der Waals surface area contributed by atoms with Crippen LogP contribution in [0, 0.1) is 5.92 Å². The van der Waals surface area contributed by atoms with E-state index < -0.39 is 5.97 Å². The van der Waals surface area contributed by atoms with Gasteiger partial charge < -0.3 is 29.0 Å². The van der Waals surface area contributed by atoms with Crippen molar-refractivity contribution in [3.05, 3.63) is 0 Å². The summed E-state index contributed by atoms with van der Waals surface area (Å²) >= 11 is 0. The van der Waals surface area contributed by atoms with Crippen molar-refractivity contribution in [1.29, 1.82) is 0 Å². The number of aliphatic carboxylic acids is 1. The highest BCUT2D eigenvalue weighted by Gasteiger charge is 2.15. The molecule has 0 bridgehead atoms. The number of quaternary nitrogens is 1. The molecule has 0 aliphatic heterocycles. The Balaban J connectivity index is 0. The zero-order chi connectivity index (χ0) is 7.28. The van der Waals surface area contributed by atoms with Crippen LogP contribution in [-0.2, 0) is 4.79 Å². The SMILES string of the molecule is NCCC(C[NH3+])C(=O)O.[Cl-]. The van der Waals surface area contributed by atoms with Gasteiger partial charge in [0, 0.05) is 0 Å². The van der Waals surface area contributed by atoms with E-state index in [-0.39, 0.29) is 18.3 Å². The summed E-state index contributed by atoms with van der Waals surface area (Å²) in [4.78, 5) is 10.2. The summed E-state index contributed by atoms with van der Waals surface area (Å²) in [5, 5.41) is 8.41. The van der Waals surface area contributed by atoms with Crippen LogP contribution in [0.2, 0.25) is 0 Å². The van der Waals surface area contributed by atoms with E-state index in [0.717, 1.165) is 0 Å². The van der Waals surface area contributed by atoms with Gasteiger partial charge in [-0.2, -0.15) is 0 Å². The molecule has 0 aromatic heterocycles. The van der Waals surface area contributed by atoms with Crippen LogP contribution < -0.4 is 23.9 Å². The summed E-state index contributed by atoms with van der Waals surface area (Å²) in [6.07, 6.45) is 0.527.